The summed E-state index contributed by atoms with van der Waals surface area (Å²) in [6, 6.07) is 6.32. The number of hydrogen-bond donors (Lipinski definition) is 0. The van der Waals surface area contributed by atoms with Gasteiger partial charge in [0.1, 0.15) is 11.5 Å². The maximum atomic E-state index is 5.88. The first-order chi connectivity index (χ1) is 13.5. The van der Waals surface area contributed by atoms with Crippen molar-refractivity contribution >= 4 is 5.57 Å². The van der Waals surface area contributed by atoms with Gasteiger partial charge in [-0.15, -0.1) is 0 Å². The number of benzene rings is 1. The number of ether oxygens (including phenoxy) is 2. The zero-order valence-corrected chi connectivity index (χ0v) is 19.0. The second-order valence-corrected chi connectivity index (χ2v) is 8.32. The average molecular weight is 385 g/mol. The van der Waals surface area contributed by atoms with Crippen LogP contribution in [0.25, 0.3) is 5.57 Å². The van der Waals surface area contributed by atoms with Gasteiger partial charge in [-0.2, -0.15) is 0 Å². The molecule has 0 saturated carbocycles. The molecule has 0 aliphatic heterocycles. The maximum absolute atomic E-state index is 5.88. The van der Waals surface area contributed by atoms with Crippen molar-refractivity contribution < 1.29 is 9.47 Å². The van der Waals surface area contributed by atoms with Gasteiger partial charge >= 0.3 is 0 Å². The minimum Gasteiger partial charge on any atom is -0.496 e. The lowest BCUT2D eigenvalue weighted by Gasteiger charge is -2.40. The quantitative estimate of drug-likeness (QED) is 0.361. The summed E-state index contributed by atoms with van der Waals surface area (Å²) < 4.78 is 11.6. The molecular weight excluding hydrogens is 344 g/mol. The van der Waals surface area contributed by atoms with Crippen molar-refractivity contribution in [3.8, 4) is 5.75 Å². The molecule has 0 unspecified atom stereocenters. The van der Waals surface area contributed by atoms with Crippen LogP contribution < -0.4 is 4.74 Å². The van der Waals surface area contributed by atoms with Crippen LogP contribution in [0.4, 0.5) is 0 Å². The van der Waals surface area contributed by atoms with Gasteiger partial charge in [0.25, 0.3) is 0 Å². The van der Waals surface area contributed by atoms with Gasteiger partial charge < -0.3 is 9.47 Å². The predicted octanol–water partition coefficient (Wildman–Crippen LogP) is 7.86. The van der Waals surface area contributed by atoms with Gasteiger partial charge in [0, 0.05) is 11.1 Å². The van der Waals surface area contributed by atoms with Gasteiger partial charge in [0.15, 0.2) is 0 Å². The SMILES string of the molecule is CCCCCC1(CCCCC)CC=C(OC)C(c2c(C)cccc2OC)=C1C. The topological polar surface area (TPSA) is 18.5 Å². The summed E-state index contributed by atoms with van der Waals surface area (Å²) in [6.07, 6.45) is 13.7. The van der Waals surface area contributed by atoms with Crippen molar-refractivity contribution in [3.05, 3.63) is 46.7 Å². The lowest BCUT2D eigenvalue weighted by molar-refractivity contribution is 0.256. The third kappa shape index (κ3) is 4.82. The summed E-state index contributed by atoms with van der Waals surface area (Å²) in [7, 11) is 3.56. The summed E-state index contributed by atoms with van der Waals surface area (Å²) in [5.74, 6) is 1.95. The fraction of sp³-hybridized carbons (Fsp3) is 0.615. The third-order valence-electron chi connectivity index (χ3n) is 6.54. The number of rotatable bonds is 11. The number of hydrogen-bond acceptors (Lipinski definition) is 2. The Labute approximate surface area is 173 Å². The minimum absolute atomic E-state index is 0.245. The van der Waals surface area contributed by atoms with Crippen LogP contribution in [-0.4, -0.2) is 14.2 Å². The van der Waals surface area contributed by atoms with Crippen LogP contribution in [0.2, 0.25) is 0 Å². The van der Waals surface area contributed by atoms with Crippen LogP contribution in [0.5, 0.6) is 5.75 Å². The van der Waals surface area contributed by atoms with Gasteiger partial charge in [-0.3, -0.25) is 0 Å². The minimum atomic E-state index is 0.245. The highest BCUT2D eigenvalue weighted by molar-refractivity contribution is 5.86. The smallest absolute Gasteiger partial charge is 0.127 e. The van der Waals surface area contributed by atoms with Crippen LogP contribution in [0.15, 0.2) is 35.6 Å². The van der Waals surface area contributed by atoms with E-state index < -0.39 is 0 Å². The molecule has 0 amide bonds. The van der Waals surface area contributed by atoms with E-state index >= 15 is 0 Å². The summed E-state index contributed by atoms with van der Waals surface area (Å²) in [6.45, 7) is 9.11. The molecule has 28 heavy (non-hydrogen) atoms. The maximum Gasteiger partial charge on any atom is 0.127 e. The number of unbranched alkanes of at least 4 members (excludes halogenated alkanes) is 4. The molecule has 0 atom stereocenters. The first kappa shape index (κ1) is 22.6. The molecule has 0 radical (unpaired) electrons. The molecule has 0 bridgehead atoms. The first-order valence-electron chi connectivity index (χ1n) is 11.1. The summed E-state index contributed by atoms with van der Waals surface area (Å²) in [5, 5.41) is 0. The predicted molar refractivity (Wildman–Crippen MR) is 121 cm³/mol. The van der Waals surface area contributed by atoms with Crippen LogP contribution >= 0.6 is 0 Å². The Hall–Kier alpha value is -1.70. The van der Waals surface area contributed by atoms with Crippen molar-refractivity contribution in [1.29, 1.82) is 0 Å². The molecule has 0 aromatic heterocycles. The lowest BCUT2D eigenvalue weighted by atomic mass is 9.65. The Balaban J connectivity index is 2.58. The summed E-state index contributed by atoms with van der Waals surface area (Å²) in [5.41, 5.74) is 5.44. The standard InChI is InChI=1S/C26H40O2/c1-7-9-11-17-26(18-12-10-8-2)19-16-23(28-6)25(21(26)4)24-20(3)14-13-15-22(24)27-5/h13-16H,7-12,17-19H2,1-6H3. The normalized spacial score (nSPS) is 16.1. The van der Waals surface area contributed by atoms with Crippen molar-refractivity contribution in [1.82, 2.24) is 0 Å². The summed E-state index contributed by atoms with van der Waals surface area (Å²) in [4.78, 5) is 0. The highest BCUT2D eigenvalue weighted by Crippen LogP contribution is 2.51. The first-order valence-corrected chi connectivity index (χ1v) is 11.1. The van der Waals surface area contributed by atoms with Gasteiger partial charge in [-0.1, -0.05) is 70.1 Å². The van der Waals surface area contributed by atoms with Crippen LogP contribution in [-0.2, 0) is 4.74 Å². The summed E-state index contributed by atoms with van der Waals surface area (Å²) >= 11 is 0. The molecule has 1 aromatic rings. The van der Waals surface area contributed by atoms with E-state index in [9.17, 15) is 0 Å². The van der Waals surface area contributed by atoms with Crippen LogP contribution in [0, 0.1) is 12.3 Å². The van der Waals surface area contributed by atoms with Crippen molar-refractivity contribution in [2.45, 2.75) is 85.5 Å². The number of methoxy groups -OCH3 is 2. The fourth-order valence-electron chi connectivity index (χ4n) is 4.75. The average Bonchev–Trinajstić information content (AvgIpc) is 2.70. The Morgan fingerprint density at radius 3 is 2.07 bits per heavy atom. The molecule has 2 rings (SSSR count). The third-order valence-corrected chi connectivity index (χ3v) is 6.54. The molecule has 156 valence electrons. The molecule has 0 saturated heterocycles. The Morgan fingerprint density at radius 2 is 1.54 bits per heavy atom. The number of allylic oxidation sites excluding steroid dienone is 3. The molecule has 2 heteroatoms. The van der Waals surface area contributed by atoms with Gasteiger partial charge in [-0.05, 0) is 56.2 Å². The van der Waals surface area contributed by atoms with E-state index in [0.717, 1.165) is 17.9 Å². The molecular formula is C26H40O2. The zero-order chi connectivity index (χ0) is 20.6. The largest absolute Gasteiger partial charge is 0.496 e. The Kier molecular flexibility index (Phi) is 8.66. The van der Waals surface area contributed by atoms with Crippen LogP contribution in [0.1, 0.15) is 89.7 Å². The zero-order valence-electron chi connectivity index (χ0n) is 19.0. The lowest BCUT2D eigenvalue weighted by Crippen LogP contribution is -2.27. The van der Waals surface area contributed by atoms with E-state index in [1.807, 2.05) is 0 Å². The van der Waals surface area contributed by atoms with E-state index in [4.69, 9.17) is 9.47 Å². The van der Waals surface area contributed by atoms with Crippen molar-refractivity contribution in [2.24, 2.45) is 5.41 Å². The molecule has 0 fully saturated rings. The molecule has 1 aliphatic rings. The second kappa shape index (κ2) is 10.7. The van der Waals surface area contributed by atoms with Gasteiger partial charge in [0.05, 0.1) is 14.2 Å². The van der Waals surface area contributed by atoms with E-state index in [-0.39, 0.29) is 5.41 Å². The molecule has 2 nitrogen and oxygen atoms in total. The highest BCUT2D eigenvalue weighted by atomic mass is 16.5. The molecule has 0 N–H and O–H groups in total. The Morgan fingerprint density at radius 1 is 0.893 bits per heavy atom. The van der Waals surface area contributed by atoms with E-state index in [0.29, 0.717) is 0 Å². The van der Waals surface area contributed by atoms with Crippen LogP contribution in [0.3, 0.4) is 0 Å². The van der Waals surface area contributed by atoms with Crippen molar-refractivity contribution in [3.63, 3.8) is 0 Å². The van der Waals surface area contributed by atoms with E-state index in [1.54, 1.807) is 14.2 Å². The van der Waals surface area contributed by atoms with Gasteiger partial charge in [0.2, 0.25) is 0 Å². The second-order valence-electron chi connectivity index (χ2n) is 8.32. The van der Waals surface area contributed by atoms with Gasteiger partial charge in [-0.25, -0.2) is 0 Å². The van der Waals surface area contributed by atoms with E-state index in [1.165, 1.54) is 73.6 Å². The highest BCUT2D eigenvalue weighted by Gasteiger charge is 2.37. The van der Waals surface area contributed by atoms with Crippen molar-refractivity contribution in [2.75, 3.05) is 14.2 Å². The Bertz CT molecular complexity index is 686. The number of aryl methyl sites for hydroxylation is 1. The molecule has 1 aromatic carbocycles. The fourth-order valence-corrected chi connectivity index (χ4v) is 4.75. The molecule has 0 spiro atoms. The van der Waals surface area contributed by atoms with E-state index in [2.05, 4.69) is 52.0 Å². The molecule has 1 aliphatic carbocycles. The molecule has 0 heterocycles. The monoisotopic (exact) mass is 384 g/mol.